The van der Waals surface area contributed by atoms with Crippen molar-refractivity contribution in [2.45, 2.75) is 33.1 Å². The first-order valence-electron chi connectivity index (χ1n) is 8.97. The summed E-state index contributed by atoms with van der Waals surface area (Å²) in [7, 11) is 0. The second-order valence-corrected chi connectivity index (χ2v) is 5.93. The number of rotatable bonds is 8. The summed E-state index contributed by atoms with van der Waals surface area (Å²) in [5.74, 6) is -0.296. The van der Waals surface area contributed by atoms with E-state index in [1.54, 1.807) is 36.4 Å². The zero-order valence-corrected chi connectivity index (χ0v) is 15.6. The molecule has 27 heavy (non-hydrogen) atoms. The van der Waals surface area contributed by atoms with Crippen molar-refractivity contribution in [2.24, 2.45) is 0 Å². The normalized spacial score (nSPS) is 10.1. The molecular weight excluding hydrogens is 344 g/mol. The molecule has 0 fully saturated rings. The van der Waals surface area contributed by atoms with Crippen LogP contribution in [0.3, 0.4) is 0 Å². The molecule has 0 aliphatic rings. The molecule has 0 radical (unpaired) electrons. The van der Waals surface area contributed by atoms with Crippen LogP contribution in [0.15, 0.2) is 48.5 Å². The van der Waals surface area contributed by atoms with Crippen LogP contribution in [0.4, 0.5) is 0 Å². The molecule has 0 aliphatic carbocycles. The van der Waals surface area contributed by atoms with Gasteiger partial charge in [0.1, 0.15) is 5.75 Å². The number of nitrogens with one attached hydrogen (secondary N) is 2. The maximum atomic E-state index is 12.1. The van der Waals surface area contributed by atoms with Gasteiger partial charge in [0.05, 0.1) is 6.61 Å². The molecule has 0 aromatic heterocycles. The lowest BCUT2D eigenvalue weighted by molar-refractivity contribution is -0.121. The van der Waals surface area contributed by atoms with Crippen molar-refractivity contribution in [3.05, 3.63) is 65.2 Å². The van der Waals surface area contributed by atoms with Gasteiger partial charge in [-0.15, -0.1) is 0 Å². The minimum absolute atomic E-state index is 0.00206. The summed E-state index contributed by atoms with van der Waals surface area (Å²) in [5.41, 5.74) is 6.79. The van der Waals surface area contributed by atoms with E-state index in [4.69, 9.17) is 4.74 Å². The number of aryl methyl sites for hydroxylation is 1. The monoisotopic (exact) mass is 368 g/mol. The van der Waals surface area contributed by atoms with Crippen molar-refractivity contribution in [1.29, 1.82) is 0 Å². The first kappa shape index (κ1) is 20.2. The molecule has 0 atom stereocenters. The molecule has 0 saturated heterocycles. The second-order valence-electron chi connectivity index (χ2n) is 5.93. The third-order valence-electron chi connectivity index (χ3n) is 4.01. The van der Waals surface area contributed by atoms with Crippen LogP contribution in [0.5, 0.6) is 5.75 Å². The summed E-state index contributed by atoms with van der Waals surface area (Å²) in [6.45, 7) is 4.47. The van der Waals surface area contributed by atoms with Gasteiger partial charge >= 0.3 is 0 Å². The molecule has 2 N–H and O–H groups in total. The Balaban J connectivity index is 1.76. The molecule has 142 valence electrons. The van der Waals surface area contributed by atoms with Crippen LogP contribution in [0.2, 0.25) is 0 Å². The smallest absolute Gasteiger partial charge is 0.269 e. The number of hydrogen-bond donors (Lipinski definition) is 2. The molecule has 2 aromatic rings. The number of benzene rings is 2. The SMILES string of the molecule is CCOc1ccc(C(=O)NNC(=O)CCC(=O)c2ccc(CC)cc2)cc1. The fraction of sp³-hybridized carbons (Fsp3) is 0.286. The van der Waals surface area contributed by atoms with Crippen molar-refractivity contribution in [2.75, 3.05) is 6.61 Å². The Labute approximate surface area is 158 Å². The highest BCUT2D eigenvalue weighted by Crippen LogP contribution is 2.12. The number of hydrazine groups is 1. The number of ketones is 1. The Bertz CT molecular complexity index is 783. The summed E-state index contributed by atoms with van der Waals surface area (Å²) in [5, 5.41) is 0. The van der Waals surface area contributed by atoms with Crippen LogP contribution in [-0.2, 0) is 11.2 Å². The van der Waals surface area contributed by atoms with E-state index in [0.717, 1.165) is 12.0 Å². The van der Waals surface area contributed by atoms with Gasteiger partial charge in [0.25, 0.3) is 5.91 Å². The Kier molecular flexibility index (Phi) is 7.55. The average Bonchev–Trinajstić information content (AvgIpc) is 2.71. The molecule has 0 bridgehead atoms. The van der Waals surface area contributed by atoms with E-state index >= 15 is 0 Å². The predicted octanol–water partition coefficient (Wildman–Crippen LogP) is 3.07. The predicted molar refractivity (Wildman–Crippen MR) is 103 cm³/mol. The van der Waals surface area contributed by atoms with Crippen molar-refractivity contribution >= 4 is 17.6 Å². The molecule has 0 unspecified atom stereocenters. The zero-order valence-electron chi connectivity index (χ0n) is 15.6. The Morgan fingerprint density at radius 2 is 1.44 bits per heavy atom. The fourth-order valence-electron chi connectivity index (χ4n) is 2.43. The molecule has 0 heterocycles. The highest BCUT2D eigenvalue weighted by Gasteiger charge is 2.11. The molecule has 6 nitrogen and oxygen atoms in total. The van der Waals surface area contributed by atoms with Crippen LogP contribution in [0.25, 0.3) is 0 Å². The molecule has 2 amide bonds. The standard InChI is InChI=1S/C21H24N2O4/c1-3-15-5-7-16(8-6-15)19(24)13-14-20(25)22-23-21(26)17-9-11-18(12-10-17)27-4-2/h5-12H,3-4,13-14H2,1-2H3,(H,22,25)(H,23,26). The van der Waals surface area contributed by atoms with E-state index in [1.165, 1.54) is 0 Å². The van der Waals surface area contributed by atoms with Crippen LogP contribution in [-0.4, -0.2) is 24.2 Å². The number of hydrogen-bond acceptors (Lipinski definition) is 4. The van der Waals surface area contributed by atoms with Crippen molar-refractivity contribution in [3.8, 4) is 5.75 Å². The van der Waals surface area contributed by atoms with Gasteiger partial charge in [-0.25, -0.2) is 0 Å². The lowest BCUT2D eigenvalue weighted by Gasteiger charge is -2.08. The third-order valence-corrected chi connectivity index (χ3v) is 4.01. The largest absolute Gasteiger partial charge is 0.494 e. The number of carbonyl (C=O) groups is 3. The zero-order chi connectivity index (χ0) is 19.6. The first-order chi connectivity index (χ1) is 13.0. The summed E-state index contributed by atoms with van der Waals surface area (Å²) >= 11 is 0. The van der Waals surface area contributed by atoms with E-state index in [9.17, 15) is 14.4 Å². The molecular formula is C21H24N2O4. The summed E-state index contributed by atoms with van der Waals surface area (Å²) < 4.78 is 5.31. The average molecular weight is 368 g/mol. The maximum absolute atomic E-state index is 12.1. The highest BCUT2D eigenvalue weighted by molar-refractivity contribution is 5.98. The van der Waals surface area contributed by atoms with Crippen LogP contribution >= 0.6 is 0 Å². The fourth-order valence-corrected chi connectivity index (χ4v) is 2.43. The van der Waals surface area contributed by atoms with Gasteiger partial charge in [0.15, 0.2) is 5.78 Å². The topological polar surface area (TPSA) is 84.5 Å². The number of carbonyl (C=O) groups excluding carboxylic acids is 3. The van der Waals surface area contributed by atoms with Crippen molar-refractivity contribution in [3.63, 3.8) is 0 Å². The van der Waals surface area contributed by atoms with E-state index in [2.05, 4.69) is 10.9 Å². The van der Waals surface area contributed by atoms with Gasteiger partial charge in [-0.1, -0.05) is 31.2 Å². The first-order valence-corrected chi connectivity index (χ1v) is 8.97. The lowest BCUT2D eigenvalue weighted by atomic mass is 10.0. The van der Waals surface area contributed by atoms with Gasteiger partial charge in [-0.05, 0) is 43.2 Å². The van der Waals surface area contributed by atoms with Gasteiger partial charge in [-0.2, -0.15) is 0 Å². The Morgan fingerprint density at radius 1 is 0.815 bits per heavy atom. The van der Waals surface area contributed by atoms with Crippen molar-refractivity contribution in [1.82, 2.24) is 10.9 Å². The highest BCUT2D eigenvalue weighted by atomic mass is 16.5. The van der Waals surface area contributed by atoms with Gasteiger partial charge in [0.2, 0.25) is 5.91 Å². The van der Waals surface area contributed by atoms with E-state index < -0.39 is 11.8 Å². The summed E-state index contributed by atoms with van der Waals surface area (Å²) in [4.78, 5) is 36.0. The number of Topliss-reactive ketones (excluding diaryl/α,β-unsaturated/α-hetero) is 1. The van der Waals surface area contributed by atoms with Crippen LogP contribution in [0, 0.1) is 0 Å². The van der Waals surface area contributed by atoms with Gasteiger partial charge in [0, 0.05) is 24.0 Å². The summed E-state index contributed by atoms with van der Waals surface area (Å²) in [6.07, 6.45) is 0.985. The summed E-state index contributed by atoms with van der Waals surface area (Å²) in [6, 6.07) is 13.9. The second kappa shape index (κ2) is 10.1. The van der Waals surface area contributed by atoms with E-state index in [-0.39, 0.29) is 18.6 Å². The van der Waals surface area contributed by atoms with Crippen LogP contribution in [0.1, 0.15) is 53.0 Å². The van der Waals surface area contributed by atoms with Gasteiger partial charge in [-0.3, -0.25) is 25.2 Å². The molecule has 2 rings (SSSR count). The maximum Gasteiger partial charge on any atom is 0.269 e. The number of amides is 2. The third kappa shape index (κ3) is 6.26. The van der Waals surface area contributed by atoms with Gasteiger partial charge < -0.3 is 4.74 Å². The van der Waals surface area contributed by atoms with E-state index in [1.807, 2.05) is 26.0 Å². The van der Waals surface area contributed by atoms with Crippen molar-refractivity contribution < 1.29 is 19.1 Å². The van der Waals surface area contributed by atoms with E-state index in [0.29, 0.717) is 23.5 Å². The molecule has 6 heteroatoms. The minimum Gasteiger partial charge on any atom is -0.494 e. The Morgan fingerprint density at radius 3 is 2.04 bits per heavy atom. The minimum atomic E-state index is -0.437. The molecule has 0 spiro atoms. The Hall–Kier alpha value is -3.15. The number of ether oxygens (including phenoxy) is 1. The quantitative estimate of drug-likeness (QED) is 0.554. The van der Waals surface area contributed by atoms with Crippen LogP contribution < -0.4 is 15.6 Å². The molecule has 0 aliphatic heterocycles. The molecule has 2 aromatic carbocycles. The lowest BCUT2D eigenvalue weighted by Crippen LogP contribution is -2.41. The molecule has 0 saturated carbocycles.